The minimum atomic E-state index is -0.242. The Kier molecular flexibility index (Phi) is 4.47. The van der Waals surface area contributed by atoms with Crippen molar-refractivity contribution in [3.05, 3.63) is 72.3 Å². The lowest BCUT2D eigenvalue weighted by molar-refractivity contribution is 0.415. The summed E-state index contributed by atoms with van der Waals surface area (Å²) in [5.74, 6) is 1.19. The molecule has 0 aliphatic rings. The van der Waals surface area contributed by atoms with Crippen LogP contribution in [0.15, 0.2) is 60.9 Å². The van der Waals surface area contributed by atoms with Crippen molar-refractivity contribution in [3.63, 3.8) is 0 Å². The molecular formula is C18H16FN3O. The number of ether oxygens (including phenoxy) is 1. The fourth-order valence-corrected chi connectivity index (χ4v) is 2.17. The van der Waals surface area contributed by atoms with Crippen LogP contribution in [0.2, 0.25) is 0 Å². The van der Waals surface area contributed by atoms with Gasteiger partial charge in [-0.05, 0) is 29.8 Å². The van der Waals surface area contributed by atoms with Crippen LogP contribution in [0, 0.1) is 5.82 Å². The van der Waals surface area contributed by atoms with E-state index in [0.717, 1.165) is 22.6 Å². The Morgan fingerprint density at radius 3 is 2.70 bits per heavy atom. The molecule has 3 aromatic rings. The maximum Gasteiger partial charge on any atom is 0.145 e. The van der Waals surface area contributed by atoms with Crippen LogP contribution >= 0.6 is 0 Å². The summed E-state index contributed by atoms with van der Waals surface area (Å²) in [5.41, 5.74) is 2.66. The first kappa shape index (κ1) is 15.0. The molecule has 0 aliphatic heterocycles. The van der Waals surface area contributed by atoms with Gasteiger partial charge in [-0.2, -0.15) is 0 Å². The van der Waals surface area contributed by atoms with Gasteiger partial charge >= 0.3 is 0 Å². The summed E-state index contributed by atoms with van der Waals surface area (Å²) in [5, 5.41) is 3.19. The Hall–Kier alpha value is -2.95. The summed E-state index contributed by atoms with van der Waals surface area (Å²) in [4.78, 5) is 8.76. The molecule has 0 bridgehead atoms. The summed E-state index contributed by atoms with van der Waals surface area (Å²) >= 11 is 0. The minimum Gasteiger partial charge on any atom is -0.497 e. The van der Waals surface area contributed by atoms with Crippen LogP contribution in [0.5, 0.6) is 5.75 Å². The topological polar surface area (TPSA) is 47.0 Å². The van der Waals surface area contributed by atoms with Crippen molar-refractivity contribution < 1.29 is 9.13 Å². The second-order valence-electron chi connectivity index (χ2n) is 5.00. The molecule has 3 rings (SSSR count). The summed E-state index contributed by atoms with van der Waals surface area (Å²) in [6.07, 6.45) is 3.37. The third-order valence-corrected chi connectivity index (χ3v) is 3.39. The highest BCUT2D eigenvalue weighted by molar-refractivity contribution is 5.61. The smallest absolute Gasteiger partial charge is 0.145 e. The largest absolute Gasteiger partial charge is 0.497 e. The first-order valence-corrected chi connectivity index (χ1v) is 7.19. The number of anilines is 1. The number of nitrogens with one attached hydrogen (secondary N) is 1. The van der Waals surface area contributed by atoms with E-state index in [2.05, 4.69) is 15.3 Å². The van der Waals surface area contributed by atoms with Crippen molar-refractivity contribution in [2.24, 2.45) is 0 Å². The standard InChI is InChI=1S/C18H16FN3O/c1-23-16-4-2-3-14(9-16)17-11-20-12-18(22-17)21-10-13-5-7-15(19)8-6-13/h2-9,11-12H,10H2,1H3,(H,21,22). The molecule has 0 saturated heterocycles. The third kappa shape index (κ3) is 3.83. The highest BCUT2D eigenvalue weighted by atomic mass is 19.1. The summed E-state index contributed by atoms with van der Waals surface area (Å²) < 4.78 is 18.1. The predicted molar refractivity (Wildman–Crippen MR) is 87.7 cm³/mol. The van der Waals surface area contributed by atoms with Crippen LogP contribution in [0.1, 0.15) is 5.56 Å². The van der Waals surface area contributed by atoms with Gasteiger partial charge in [0, 0.05) is 12.1 Å². The van der Waals surface area contributed by atoms with E-state index in [4.69, 9.17) is 4.74 Å². The first-order valence-electron chi connectivity index (χ1n) is 7.19. The molecular weight excluding hydrogens is 293 g/mol. The molecule has 0 saturated carbocycles. The van der Waals surface area contributed by atoms with Crippen LogP contribution < -0.4 is 10.1 Å². The molecule has 0 spiro atoms. The Labute approximate surface area is 134 Å². The minimum absolute atomic E-state index is 0.242. The first-order chi connectivity index (χ1) is 11.2. The molecule has 5 heteroatoms. The van der Waals surface area contributed by atoms with Crippen molar-refractivity contribution in [2.45, 2.75) is 6.54 Å². The number of benzene rings is 2. The quantitative estimate of drug-likeness (QED) is 0.776. The van der Waals surface area contributed by atoms with Gasteiger partial charge in [0.2, 0.25) is 0 Å². The van der Waals surface area contributed by atoms with E-state index in [9.17, 15) is 4.39 Å². The van der Waals surface area contributed by atoms with Crippen molar-refractivity contribution in [2.75, 3.05) is 12.4 Å². The van der Waals surface area contributed by atoms with Crippen molar-refractivity contribution >= 4 is 5.82 Å². The molecule has 1 aromatic heterocycles. The average molecular weight is 309 g/mol. The number of halogens is 1. The number of aromatic nitrogens is 2. The number of hydrogen-bond donors (Lipinski definition) is 1. The zero-order valence-electron chi connectivity index (χ0n) is 12.7. The van der Waals surface area contributed by atoms with Gasteiger partial charge in [0.25, 0.3) is 0 Å². The van der Waals surface area contributed by atoms with Gasteiger partial charge in [0.05, 0.1) is 25.2 Å². The highest BCUT2D eigenvalue weighted by Gasteiger charge is 2.04. The van der Waals surface area contributed by atoms with Crippen molar-refractivity contribution in [3.8, 4) is 17.0 Å². The monoisotopic (exact) mass is 309 g/mol. The van der Waals surface area contributed by atoms with Crippen LogP contribution in [-0.4, -0.2) is 17.1 Å². The summed E-state index contributed by atoms with van der Waals surface area (Å²) in [6, 6.07) is 14.0. The van der Waals surface area contributed by atoms with Gasteiger partial charge in [-0.25, -0.2) is 9.37 Å². The Morgan fingerprint density at radius 2 is 1.91 bits per heavy atom. The lowest BCUT2D eigenvalue weighted by Crippen LogP contribution is -2.02. The lowest BCUT2D eigenvalue weighted by Gasteiger charge is -2.08. The molecule has 23 heavy (non-hydrogen) atoms. The SMILES string of the molecule is COc1cccc(-c2cncc(NCc3ccc(F)cc3)n2)c1. The zero-order valence-corrected chi connectivity index (χ0v) is 12.7. The number of hydrogen-bond acceptors (Lipinski definition) is 4. The molecule has 0 aliphatic carbocycles. The van der Waals surface area contributed by atoms with Gasteiger partial charge in [-0.3, -0.25) is 4.98 Å². The molecule has 0 radical (unpaired) electrons. The van der Waals surface area contributed by atoms with Crippen molar-refractivity contribution in [1.82, 2.24) is 9.97 Å². The fourth-order valence-electron chi connectivity index (χ4n) is 2.17. The molecule has 1 N–H and O–H groups in total. The van der Waals surface area contributed by atoms with Gasteiger partial charge in [-0.15, -0.1) is 0 Å². The van der Waals surface area contributed by atoms with E-state index in [0.29, 0.717) is 12.4 Å². The highest BCUT2D eigenvalue weighted by Crippen LogP contribution is 2.22. The summed E-state index contributed by atoms with van der Waals surface area (Å²) in [6.45, 7) is 0.552. The summed E-state index contributed by atoms with van der Waals surface area (Å²) in [7, 11) is 1.63. The normalized spacial score (nSPS) is 10.3. The third-order valence-electron chi connectivity index (χ3n) is 3.39. The predicted octanol–water partition coefficient (Wildman–Crippen LogP) is 3.90. The number of rotatable bonds is 5. The molecule has 116 valence electrons. The fraction of sp³-hybridized carbons (Fsp3) is 0.111. The van der Waals surface area contributed by atoms with Gasteiger partial charge in [-0.1, -0.05) is 24.3 Å². The molecule has 1 heterocycles. The molecule has 2 aromatic carbocycles. The molecule has 0 amide bonds. The van der Waals surface area contributed by atoms with E-state index in [1.165, 1.54) is 12.1 Å². The Morgan fingerprint density at radius 1 is 1.09 bits per heavy atom. The van der Waals surface area contributed by atoms with Crippen LogP contribution in [0.4, 0.5) is 10.2 Å². The van der Waals surface area contributed by atoms with Gasteiger partial charge < -0.3 is 10.1 Å². The van der Waals surface area contributed by atoms with Crippen molar-refractivity contribution in [1.29, 1.82) is 0 Å². The van der Waals surface area contributed by atoms with Crippen LogP contribution in [0.3, 0.4) is 0 Å². The van der Waals surface area contributed by atoms with E-state index in [-0.39, 0.29) is 5.82 Å². The average Bonchev–Trinajstić information content (AvgIpc) is 2.61. The van der Waals surface area contributed by atoms with E-state index >= 15 is 0 Å². The molecule has 0 unspecified atom stereocenters. The van der Waals surface area contributed by atoms with Crippen LogP contribution in [-0.2, 0) is 6.54 Å². The molecule has 0 atom stereocenters. The second kappa shape index (κ2) is 6.87. The zero-order chi connectivity index (χ0) is 16.1. The maximum absolute atomic E-state index is 12.9. The van der Waals surface area contributed by atoms with Crippen LogP contribution in [0.25, 0.3) is 11.3 Å². The van der Waals surface area contributed by atoms with E-state index in [1.54, 1.807) is 31.6 Å². The number of methoxy groups -OCH3 is 1. The molecule has 0 fully saturated rings. The Bertz CT molecular complexity index is 790. The Balaban J connectivity index is 1.75. The second-order valence-corrected chi connectivity index (χ2v) is 5.00. The van der Waals surface area contributed by atoms with E-state index < -0.39 is 0 Å². The van der Waals surface area contributed by atoms with Gasteiger partial charge in [0.15, 0.2) is 0 Å². The van der Waals surface area contributed by atoms with Gasteiger partial charge in [0.1, 0.15) is 17.4 Å². The lowest BCUT2D eigenvalue weighted by atomic mass is 10.1. The van der Waals surface area contributed by atoms with E-state index in [1.807, 2.05) is 24.3 Å². The number of nitrogens with zero attached hydrogens (tertiary/aromatic N) is 2. The maximum atomic E-state index is 12.9. The molecule has 4 nitrogen and oxygen atoms in total.